The van der Waals surface area contributed by atoms with Crippen molar-refractivity contribution in [2.75, 3.05) is 13.2 Å². The second kappa shape index (κ2) is 8.53. The molecule has 0 radical (unpaired) electrons. The van der Waals surface area contributed by atoms with Crippen molar-refractivity contribution in [1.82, 2.24) is 0 Å². The highest BCUT2D eigenvalue weighted by atomic mass is 79.9. The van der Waals surface area contributed by atoms with Crippen LogP contribution in [0.5, 0.6) is 11.5 Å². The van der Waals surface area contributed by atoms with Crippen LogP contribution in [0, 0.1) is 0 Å². The molecule has 0 heterocycles. The Bertz CT molecular complexity index is 1110. The van der Waals surface area contributed by atoms with Crippen LogP contribution in [0.1, 0.15) is 47.3 Å². The Morgan fingerprint density at radius 3 is 2.53 bits per heavy atom. The topological polar surface area (TPSA) is 87.3 Å². The molecule has 172 valence electrons. The van der Waals surface area contributed by atoms with E-state index in [0.29, 0.717) is 51.9 Å². The Kier molecular flexibility index (Phi) is 6.48. The SMILES string of the molecule is CC1(C)C2=C(C(=O)c3cc(Br)c(OCCCO)cc31)c1ccc(OC(F)(F)F)cc1C2.O. The van der Waals surface area contributed by atoms with Crippen LogP contribution < -0.4 is 9.47 Å². The molecule has 0 saturated heterocycles. The van der Waals surface area contributed by atoms with E-state index >= 15 is 0 Å². The van der Waals surface area contributed by atoms with Crippen molar-refractivity contribution < 1.29 is 38.0 Å². The van der Waals surface area contributed by atoms with Crippen LogP contribution in [0.2, 0.25) is 0 Å². The first-order valence-corrected chi connectivity index (χ1v) is 10.6. The van der Waals surface area contributed by atoms with Crippen molar-refractivity contribution in [2.24, 2.45) is 0 Å². The van der Waals surface area contributed by atoms with E-state index in [1.165, 1.54) is 18.2 Å². The van der Waals surface area contributed by atoms with Gasteiger partial charge in [0.15, 0.2) is 5.78 Å². The number of rotatable bonds is 5. The van der Waals surface area contributed by atoms with Crippen molar-refractivity contribution in [1.29, 1.82) is 0 Å². The van der Waals surface area contributed by atoms with Crippen LogP contribution in [0.25, 0.3) is 5.57 Å². The maximum absolute atomic E-state index is 13.4. The molecule has 4 rings (SSSR count). The largest absolute Gasteiger partial charge is 0.573 e. The van der Waals surface area contributed by atoms with Gasteiger partial charge in [0, 0.05) is 29.6 Å². The molecule has 0 unspecified atom stereocenters. The Morgan fingerprint density at radius 2 is 1.88 bits per heavy atom. The second-order valence-corrected chi connectivity index (χ2v) is 8.96. The maximum Gasteiger partial charge on any atom is 0.573 e. The number of carbonyl (C=O) groups excluding carboxylic acids is 1. The van der Waals surface area contributed by atoms with Crippen LogP contribution >= 0.6 is 15.9 Å². The number of halogens is 4. The van der Waals surface area contributed by atoms with Crippen molar-refractivity contribution in [3.05, 3.63) is 62.6 Å². The minimum Gasteiger partial charge on any atom is -0.492 e. The van der Waals surface area contributed by atoms with E-state index in [0.717, 1.165) is 11.1 Å². The van der Waals surface area contributed by atoms with Crippen molar-refractivity contribution in [3.63, 3.8) is 0 Å². The number of ketones is 1. The van der Waals surface area contributed by atoms with E-state index in [1.54, 1.807) is 6.07 Å². The Balaban J connectivity index is 0.00000289. The molecule has 2 aromatic rings. The number of allylic oxidation sites excluding steroid dienone is 2. The molecule has 2 aliphatic carbocycles. The number of benzene rings is 2. The molecule has 0 fully saturated rings. The highest BCUT2D eigenvalue weighted by Crippen LogP contribution is 2.51. The molecule has 0 atom stereocenters. The summed E-state index contributed by atoms with van der Waals surface area (Å²) in [6.45, 7) is 4.35. The van der Waals surface area contributed by atoms with Gasteiger partial charge in [-0.25, -0.2) is 0 Å². The van der Waals surface area contributed by atoms with Crippen LogP contribution in [0.3, 0.4) is 0 Å². The van der Waals surface area contributed by atoms with Gasteiger partial charge in [0.2, 0.25) is 0 Å². The van der Waals surface area contributed by atoms with Gasteiger partial charge in [-0.1, -0.05) is 19.9 Å². The smallest absolute Gasteiger partial charge is 0.492 e. The number of hydrogen-bond acceptors (Lipinski definition) is 4. The summed E-state index contributed by atoms with van der Waals surface area (Å²) in [5.41, 5.74) is 3.51. The van der Waals surface area contributed by atoms with Gasteiger partial charge in [0.25, 0.3) is 0 Å². The van der Waals surface area contributed by atoms with Gasteiger partial charge in [-0.2, -0.15) is 0 Å². The molecule has 2 aromatic carbocycles. The zero-order valence-electron chi connectivity index (χ0n) is 17.4. The Morgan fingerprint density at radius 1 is 1.16 bits per heavy atom. The highest BCUT2D eigenvalue weighted by Gasteiger charge is 2.43. The second-order valence-electron chi connectivity index (χ2n) is 8.11. The first kappa shape index (κ1) is 24.3. The summed E-state index contributed by atoms with van der Waals surface area (Å²) < 4.78 is 48.3. The molecule has 3 N–H and O–H groups in total. The fraction of sp³-hybridized carbons (Fsp3) is 0.348. The van der Waals surface area contributed by atoms with Gasteiger partial charge < -0.3 is 20.1 Å². The molecule has 0 amide bonds. The summed E-state index contributed by atoms with van der Waals surface area (Å²) in [4.78, 5) is 13.4. The summed E-state index contributed by atoms with van der Waals surface area (Å²) in [7, 11) is 0. The normalized spacial score (nSPS) is 16.2. The summed E-state index contributed by atoms with van der Waals surface area (Å²) in [5, 5.41) is 8.98. The highest BCUT2D eigenvalue weighted by molar-refractivity contribution is 9.10. The maximum atomic E-state index is 13.4. The Hall–Kier alpha value is -2.36. The molecular weight excluding hydrogens is 493 g/mol. The van der Waals surface area contributed by atoms with Crippen LogP contribution in [0.4, 0.5) is 13.2 Å². The average molecular weight is 515 g/mol. The molecule has 32 heavy (non-hydrogen) atoms. The third kappa shape index (κ3) is 4.16. The number of hydrogen-bond donors (Lipinski definition) is 1. The monoisotopic (exact) mass is 514 g/mol. The number of ether oxygens (including phenoxy) is 2. The molecule has 5 nitrogen and oxygen atoms in total. The van der Waals surface area contributed by atoms with Crippen molar-refractivity contribution >= 4 is 27.3 Å². The average Bonchev–Trinajstić information content (AvgIpc) is 3.06. The summed E-state index contributed by atoms with van der Waals surface area (Å²) in [6.07, 6.45) is -3.92. The summed E-state index contributed by atoms with van der Waals surface area (Å²) in [5.74, 6) is 0.125. The van der Waals surface area contributed by atoms with Gasteiger partial charge in [-0.3, -0.25) is 4.79 Å². The van der Waals surface area contributed by atoms with E-state index in [1.807, 2.05) is 19.9 Å². The van der Waals surface area contributed by atoms with E-state index in [4.69, 9.17) is 9.84 Å². The molecule has 0 bridgehead atoms. The zero-order chi connectivity index (χ0) is 22.6. The van der Waals surface area contributed by atoms with Crippen LogP contribution in [0.15, 0.2) is 40.4 Å². The first-order chi connectivity index (χ1) is 14.5. The molecule has 0 saturated carbocycles. The fourth-order valence-corrected chi connectivity index (χ4v) is 4.76. The predicted molar refractivity (Wildman–Crippen MR) is 116 cm³/mol. The number of fused-ring (bicyclic) bond motifs is 3. The van der Waals surface area contributed by atoms with Gasteiger partial charge in [0.1, 0.15) is 11.5 Å². The molecule has 0 aromatic heterocycles. The predicted octanol–water partition coefficient (Wildman–Crippen LogP) is 4.77. The summed E-state index contributed by atoms with van der Waals surface area (Å²) >= 11 is 3.46. The Labute approximate surface area is 191 Å². The van der Waals surface area contributed by atoms with Gasteiger partial charge in [-0.15, -0.1) is 13.2 Å². The standard InChI is InChI=1S/C23H20BrF3O4.H2O/c1-22(2)16-11-19(30-7-3-6-28)18(24)10-15(16)21(29)20-14-5-4-13(31-23(25,26)27)8-12(14)9-17(20)22;/h4-5,8,10-11,28H,3,6-7,9H2,1-2H3;1H2. The quantitative estimate of drug-likeness (QED) is 0.582. The van der Waals surface area contributed by atoms with Gasteiger partial charge >= 0.3 is 6.36 Å². The number of aliphatic hydroxyl groups is 1. The van der Waals surface area contributed by atoms with E-state index in [9.17, 15) is 18.0 Å². The van der Waals surface area contributed by atoms with E-state index < -0.39 is 11.8 Å². The van der Waals surface area contributed by atoms with E-state index in [2.05, 4.69) is 20.7 Å². The van der Waals surface area contributed by atoms with Crippen molar-refractivity contribution in [2.45, 2.75) is 38.5 Å². The number of carbonyl (C=O) groups is 1. The number of Topliss-reactive ketones (excluding diaryl/α,β-unsaturated/α-hetero) is 1. The molecule has 9 heteroatoms. The zero-order valence-corrected chi connectivity index (χ0v) is 19.0. The molecular formula is C23H22BrF3O5. The lowest BCUT2D eigenvalue weighted by atomic mass is 9.68. The third-order valence-electron chi connectivity index (χ3n) is 5.78. The first-order valence-electron chi connectivity index (χ1n) is 9.78. The lowest BCUT2D eigenvalue weighted by molar-refractivity contribution is -0.274. The van der Waals surface area contributed by atoms with Crippen LogP contribution in [-0.4, -0.2) is 35.9 Å². The fourth-order valence-electron chi connectivity index (χ4n) is 4.30. The minimum absolute atomic E-state index is 0. The lowest BCUT2D eigenvalue weighted by Gasteiger charge is -2.35. The van der Waals surface area contributed by atoms with Gasteiger partial charge in [-0.05, 0) is 68.9 Å². The third-order valence-corrected chi connectivity index (χ3v) is 6.40. The molecule has 0 spiro atoms. The lowest BCUT2D eigenvalue weighted by Crippen LogP contribution is -2.30. The van der Waals surface area contributed by atoms with Gasteiger partial charge in [0.05, 0.1) is 11.1 Å². The van der Waals surface area contributed by atoms with Crippen molar-refractivity contribution in [3.8, 4) is 11.5 Å². The number of aliphatic hydroxyl groups excluding tert-OH is 1. The number of alkyl halides is 3. The minimum atomic E-state index is -4.77. The summed E-state index contributed by atoms with van der Waals surface area (Å²) in [6, 6.07) is 7.69. The van der Waals surface area contributed by atoms with Crippen LogP contribution in [-0.2, 0) is 11.8 Å². The molecule has 0 aliphatic heterocycles. The molecule has 2 aliphatic rings. The van der Waals surface area contributed by atoms with E-state index in [-0.39, 0.29) is 23.6 Å².